The number of ether oxygens (including phenoxy) is 3. The highest BCUT2D eigenvalue weighted by Crippen LogP contribution is 2.41. The van der Waals surface area contributed by atoms with Crippen molar-refractivity contribution in [3.63, 3.8) is 0 Å². The summed E-state index contributed by atoms with van der Waals surface area (Å²) in [5.41, 5.74) is 1.00. The lowest BCUT2D eigenvalue weighted by Gasteiger charge is -2.37. The van der Waals surface area contributed by atoms with Gasteiger partial charge in [0.15, 0.2) is 11.5 Å². The Balaban J connectivity index is 2.37. The molecule has 0 aromatic heterocycles. The third-order valence-corrected chi connectivity index (χ3v) is 4.72. The molecule has 2 atom stereocenters. The third kappa shape index (κ3) is 3.75. The maximum Gasteiger partial charge on any atom is 0.307 e. The number of carboxylic acids is 1. The van der Waals surface area contributed by atoms with Crippen LogP contribution in [0.4, 0.5) is 0 Å². The second-order valence-corrected chi connectivity index (χ2v) is 6.05. The number of benzene rings is 1. The van der Waals surface area contributed by atoms with Crippen molar-refractivity contribution in [3.8, 4) is 17.2 Å². The van der Waals surface area contributed by atoms with Gasteiger partial charge in [-0.1, -0.05) is 6.92 Å². The van der Waals surface area contributed by atoms with E-state index in [4.69, 9.17) is 14.2 Å². The Morgan fingerprint density at radius 1 is 1.21 bits per heavy atom. The van der Waals surface area contributed by atoms with Crippen molar-refractivity contribution < 1.29 is 24.1 Å². The zero-order valence-corrected chi connectivity index (χ0v) is 14.9. The van der Waals surface area contributed by atoms with Gasteiger partial charge in [-0.3, -0.25) is 9.69 Å². The first-order valence-electron chi connectivity index (χ1n) is 8.32. The number of aliphatic carboxylic acids is 1. The van der Waals surface area contributed by atoms with Crippen molar-refractivity contribution >= 4 is 5.97 Å². The Bertz CT molecular complexity index is 575. The zero-order valence-electron chi connectivity index (χ0n) is 14.9. The van der Waals surface area contributed by atoms with E-state index in [1.807, 2.05) is 12.1 Å². The van der Waals surface area contributed by atoms with Gasteiger partial charge < -0.3 is 19.3 Å². The number of rotatable bonds is 7. The van der Waals surface area contributed by atoms with Crippen LogP contribution in [0.1, 0.15) is 37.8 Å². The Hall–Kier alpha value is -1.95. The number of carbonyl (C=O) groups is 1. The topological polar surface area (TPSA) is 68.2 Å². The Kier molecular flexibility index (Phi) is 6.31. The van der Waals surface area contributed by atoms with Gasteiger partial charge >= 0.3 is 5.97 Å². The van der Waals surface area contributed by atoms with Crippen LogP contribution in [0, 0.1) is 5.92 Å². The summed E-state index contributed by atoms with van der Waals surface area (Å²) in [6.07, 6.45) is 2.49. The molecule has 24 heavy (non-hydrogen) atoms. The van der Waals surface area contributed by atoms with Gasteiger partial charge in [-0.15, -0.1) is 0 Å². The van der Waals surface area contributed by atoms with Crippen LogP contribution in [0.25, 0.3) is 0 Å². The molecule has 0 amide bonds. The van der Waals surface area contributed by atoms with E-state index in [-0.39, 0.29) is 12.0 Å². The van der Waals surface area contributed by atoms with E-state index < -0.39 is 5.97 Å². The minimum absolute atomic E-state index is 0.0851. The molecule has 0 radical (unpaired) electrons. The van der Waals surface area contributed by atoms with Gasteiger partial charge in [-0.25, -0.2) is 0 Å². The van der Waals surface area contributed by atoms with Gasteiger partial charge in [0.1, 0.15) is 5.75 Å². The number of hydrogen-bond donors (Lipinski definition) is 1. The lowest BCUT2D eigenvalue weighted by atomic mass is 9.93. The van der Waals surface area contributed by atoms with Crippen LogP contribution in [0.15, 0.2) is 12.1 Å². The number of likely N-dealkylation sites (tertiary alicyclic amines) is 1. The first-order chi connectivity index (χ1) is 11.5. The van der Waals surface area contributed by atoms with Crippen LogP contribution in [0.2, 0.25) is 0 Å². The van der Waals surface area contributed by atoms with Crippen LogP contribution in [0.3, 0.4) is 0 Å². The van der Waals surface area contributed by atoms with E-state index in [2.05, 4.69) is 11.8 Å². The van der Waals surface area contributed by atoms with Gasteiger partial charge in [0, 0.05) is 24.2 Å². The average molecular weight is 337 g/mol. The first-order valence-corrected chi connectivity index (χ1v) is 8.32. The molecule has 0 aliphatic carbocycles. The normalized spacial score (nSPS) is 19.6. The van der Waals surface area contributed by atoms with Crippen molar-refractivity contribution in [2.24, 2.45) is 5.92 Å². The van der Waals surface area contributed by atoms with Crippen molar-refractivity contribution in [3.05, 3.63) is 17.7 Å². The van der Waals surface area contributed by atoms with Gasteiger partial charge in [0.25, 0.3) is 0 Å². The molecule has 1 aliphatic rings. The second-order valence-electron chi connectivity index (χ2n) is 6.05. The van der Waals surface area contributed by atoms with Crippen LogP contribution in [-0.2, 0) is 4.79 Å². The Morgan fingerprint density at radius 3 is 2.38 bits per heavy atom. The quantitative estimate of drug-likeness (QED) is 0.825. The number of piperidine rings is 1. The van der Waals surface area contributed by atoms with Crippen molar-refractivity contribution in [2.45, 2.75) is 32.2 Å². The van der Waals surface area contributed by atoms with Crippen molar-refractivity contribution in [1.29, 1.82) is 0 Å². The standard InChI is InChI=1S/C18H27NO5/c1-5-14(19-8-6-7-12(11-19)18(20)21)13-9-16(23-3)17(24-4)10-15(13)22-2/h9-10,12,14H,5-8,11H2,1-4H3,(H,20,21). The summed E-state index contributed by atoms with van der Waals surface area (Å²) in [5, 5.41) is 9.34. The molecule has 1 aromatic rings. The predicted octanol–water partition coefficient (Wildman–Crippen LogP) is 2.96. The van der Waals surface area contributed by atoms with Gasteiger partial charge in [0.05, 0.1) is 27.2 Å². The minimum atomic E-state index is -0.714. The monoisotopic (exact) mass is 337 g/mol. The molecule has 1 aromatic carbocycles. The SMILES string of the molecule is CCC(c1cc(OC)c(OC)cc1OC)N1CCCC(C(=O)O)C1. The molecule has 1 saturated heterocycles. The fourth-order valence-electron chi connectivity index (χ4n) is 3.48. The van der Waals surface area contributed by atoms with Crippen molar-refractivity contribution in [2.75, 3.05) is 34.4 Å². The van der Waals surface area contributed by atoms with E-state index >= 15 is 0 Å². The van der Waals surface area contributed by atoms with Crippen LogP contribution in [-0.4, -0.2) is 50.4 Å². The van der Waals surface area contributed by atoms with E-state index in [1.54, 1.807) is 21.3 Å². The fraction of sp³-hybridized carbons (Fsp3) is 0.611. The highest BCUT2D eigenvalue weighted by atomic mass is 16.5. The molecule has 134 valence electrons. The lowest BCUT2D eigenvalue weighted by Crippen LogP contribution is -2.40. The van der Waals surface area contributed by atoms with Gasteiger partial charge in [-0.2, -0.15) is 0 Å². The highest BCUT2D eigenvalue weighted by Gasteiger charge is 2.31. The molecule has 0 spiro atoms. The molecule has 6 nitrogen and oxygen atoms in total. The first kappa shape index (κ1) is 18.4. The molecule has 1 heterocycles. The predicted molar refractivity (Wildman–Crippen MR) is 91.1 cm³/mol. The molecule has 1 fully saturated rings. The van der Waals surface area contributed by atoms with Crippen LogP contribution in [0.5, 0.6) is 17.2 Å². The van der Waals surface area contributed by atoms with Crippen molar-refractivity contribution in [1.82, 2.24) is 4.90 Å². The summed E-state index contributed by atoms with van der Waals surface area (Å²) in [4.78, 5) is 13.6. The van der Waals surface area contributed by atoms with E-state index in [1.165, 1.54) is 0 Å². The summed E-state index contributed by atoms with van der Waals surface area (Å²) < 4.78 is 16.3. The maximum atomic E-state index is 11.4. The molecule has 6 heteroatoms. The number of methoxy groups -OCH3 is 3. The van der Waals surface area contributed by atoms with E-state index in [0.717, 1.165) is 37.1 Å². The molecule has 2 unspecified atom stereocenters. The average Bonchev–Trinajstić information content (AvgIpc) is 2.62. The maximum absolute atomic E-state index is 11.4. The van der Waals surface area contributed by atoms with E-state index in [9.17, 15) is 9.90 Å². The van der Waals surface area contributed by atoms with E-state index in [0.29, 0.717) is 18.0 Å². The third-order valence-electron chi connectivity index (χ3n) is 4.72. The molecular formula is C18H27NO5. The molecule has 2 rings (SSSR count). The summed E-state index contributed by atoms with van der Waals surface area (Å²) in [6, 6.07) is 3.85. The summed E-state index contributed by atoms with van der Waals surface area (Å²) in [6.45, 7) is 3.55. The Labute approximate surface area is 143 Å². The molecule has 1 aliphatic heterocycles. The zero-order chi connectivity index (χ0) is 17.7. The number of hydrogen-bond acceptors (Lipinski definition) is 5. The lowest BCUT2D eigenvalue weighted by molar-refractivity contribution is -0.144. The molecule has 0 saturated carbocycles. The summed E-state index contributed by atoms with van der Waals surface area (Å²) >= 11 is 0. The number of carboxylic acid groups (broad SMARTS) is 1. The van der Waals surface area contributed by atoms with Gasteiger partial charge in [-0.05, 0) is 31.9 Å². The smallest absolute Gasteiger partial charge is 0.307 e. The molecule has 0 bridgehead atoms. The highest BCUT2D eigenvalue weighted by molar-refractivity contribution is 5.70. The Morgan fingerprint density at radius 2 is 1.83 bits per heavy atom. The summed E-state index contributed by atoms with van der Waals surface area (Å²) in [5.74, 6) is 0.985. The number of nitrogens with zero attached hydrogens (tertiary/aromatic N) is 1. The van der Waals surface area contributed by atoms with Crippen LogP contribution >= 0.6 is 0 Å². The van der Waals surface area contributed by atoms with Crippen LogP contribution < -0.4 is 14.2 Å². The van der Waals surface area contributed by atoms with Gasteiger partial charge in [0.2, 0.25) is 0 Å². The largest absolute Gasteiger partial charge is 0.496 e. The fourth-order valence-corrected chi connectivity index (χ4v) is 3.48. The minimum Gasteiger partial charge on any atom is -0.496 e. The summed E-state index contributed by atoms with van der Waals surface area (Å²) in [7, 11) is 4.83. The molecule has 1 N–H and O–H groups in total. The molecular weight excluding hydrogens is 310 g/mol. The second kappa shape index (κ2) is 8.24.